The highest BCUT2D eigenvalue weighted by molar-refractivity contribution is 8.14. The van der Waals surface area contributed by atoms with Crippen LogP contribution in [-0.2, 0) is 0 Å². The van der Waals surface area contributed by atoms with E-state index in [2.05, 4.69) is 35.5 Å². The van der Waals surface area contributed by atoms with Crippen LogP contribution in [0.1, 0.15) is 6.92 Å². The van der Waals surface area contributed by atoms with Crippen LogP contribution in [0, 0.1) is 0 Å². The fourth-order valence-corrected chi connectivity index (χ4v) is 2.48. The fourth-order valence-electron chi connectivity index (χ4n) is 1.46. The molecule has 0 bridgehead atoms. The molecule has 1 heterocycles. The Hall–Kier alpha value is -0.700. The van der Waals surface area contributed by atoms with Gasteiger partial charge < -0.3 is 5.32 Å². The van der Waals surface area contributed by atoms with Crippen molar-refractivity contribution in [1.82, 2.24) is 5.32 Å². The van der Waals surface area contributed by atoms with Crippen molar-refractivity contribution in [2.75, 3.05) is 7.05 Å². The summed E-state index contributed by atoms with van der Waals surface area (Å²) in [7, 11) is 1.83. The molecule has 2 atom stereocenters. The molecule has 0 amide bonds. The summed E-state index contributed by atoms with van der Waals surface area (Å²) in [5.41, 5.74) is 1.33. The topological polar surface area (TPSA) is 24.4 Å². The molecule has 0 aromatic heterocycles. The normalized spacial score (nSPS) is 36.2. The number of hydrogen-bond acceptors (Lipinski definition) is 2. The van der Waals surface area contributed by atoms with Crippen molar-refractivity contribution >= 4 is 16.9 Å². The zero-order valence-electron chi connectivity index (χ0n) is 7.24. The molecule has 1 aliphatic heterocycles. The first-order chi connectivity index (χ1) is 5.79. The van der Waals surface area contributed by atoms with Crippen molar-refractivity contribution in [3.05, 3.63) is 23.8 Å². The van der Waals surface area contributed by atoms with Gasteiger partial charge >= 0.3 is 0 Å². The van der Waals surface area contributed by atoms with Gasteiger partial charge in [-0.2, -0.15) is 0 Å². The Bertz CT molecular complexity index is 278. The van der Waals surface area contributed by atoms with Gasteiger partial charge in [0.25, 0.3) is 0 Å². The largest absolute Gasteiger partial charge is 0.357 e. The van der Waals surface area contributed by atoms with Crippen molar-refractivity contribution in [1.29, 1.82) is 0 Å². The molecule has 1 unspecified atom stereocenters. The third kappa shape index (κ3) is 1.29. The average molecular weight is 180 g/mol. The number of nitrogens with one attached hydrogen (secondary N) is 1. The lowest BCUT2D eigenvalue weighted by molar-refractivity contribution is 0.766. The third-order valence-electron chi connectivity index (χ3n) is 2.09. The SMILES string of the molecule is CN=C1NC2C=C(C)C=C[C@H]2S1. The van der Waals surface area contributed by atoms with Crippen molar-refractivity contribution in [2.45, 2.75) is 18.2 Å². The van der Waals surface area contributed by atoms with E-state index in [4.69, 9.17) is 0 Å². The second kappa shape index (κ2) is 2.98. The van der Waals surface area contributed by atoms with Crippen LogP contribution >= 0.6 is 11.8 Å². The summed E-state index contributed by atoms with van der Waals surface area (Å²) in [6.07, 6.45) is 6.68. The van der Waals surface area contributed by atoms with E-state index in [0.717, 1.165) is 5.17 Å². The Labute approximate surface area is 76.8 Å². The number of nitrogens with zero attached hydrogens (tertiary/aromatic N) is 1. The molecule has 0 saturated carbocycles. The van der Waals surface area contributed by atoms with Gasteiger partial charge in [-0.25, -0.2) is 0 Å². The second-order valence-electron chi connectivity index (χ2n) is 3.05. The first kappa shape index (κ1) is 7.92. The van der Waals surface area contributed by atoms with Crippen LogP contribution < -0.4 is 5.32 Å². The lowest BCUT2D eigenvalue weighted by atomic mass is 10.0. The van der Waals surface area contributed by atoms with E-state index in [1.807, 2.05) is 7.05 Å². The van der Waals surface area contributed by atoms with E-state index < -0.39 is 0 Å². The molecule has 2 nitrogen and oxygen atoms in total. The van der Waals surface area contributed by atoms with Crippen molar-refractivity contribution in [3.8, 4) is 0 Å². The Morgan fingerprint density at radius 3 is 3.17 bits per heavy atom. The number of rotatable bonds is 0. The Morgan fingerprint density at radius 2 is 2.42 bits per heavy atom. The van der Waals surface area contributed by atoms with Crippen molar-refractivity contribution < 1.29 is 0 Å². The Morgan fingerprint density at radius 1 is 1.58 bits per heavy atom. The van der Waals surface area contributed by atoms with Crippen LogP contribution in [0.15, 0.2) is 28.8 Å². The number of fused-ring (bicyclic) bond motifs is 1. The molecular formula is C9H12N2S. The summed E-state index contributed by atoms with van der Waals surface area (Å²) < 4.78 is 0. The molecule has 1 aliphatic carbocycles. The quantitative estimate of drug-likeness (QED) is 0.612. The first-order valence-electron chi connectivity index (χ1n) is 4.06. The zero-order chi connectivity index (χ0) is 8.55. The van der Waals surface area contributed by atoms with E-state index in [1.54, 1.807) is 11.8 Å². The highest BCUT2D eigenvalue weighted by atomic mass is 32.2. The molecule has 12 heavy (non-hydrogen) atoms. The van der Waals surface area contributed by atoms with Crippen LogP contribution in [0.3, 0.4) is 0 Å². The predicted octanol–water partition coefficient (Wildman–Crippen LogP) is 1.56. The van der Waals surface area contributed by atoms with Gasteiger partial charge in [0.1, 0.15) is 0 Å². The van der Waals surface area contributed by atoms with E-state index in [1.165, 1.54) is 5.57 Å². The predicted molar refractivity (Wildman–Crippen MR) is 54.6 cm³/mol. The molecule has 2 rings (SSSR count). The van der Waals surface area contributed by atoms with E-state index >= 15 is 0 Å². The van der Waals surface area contributed by atoms with Crippen LogP contribution in [0.4, 0.5) is 0 Å². The smallest absolute Gasteiger partial charge is 0.157 e. The minimum absolute atomic E-state index is 0.457. The number of allylic oxidation sites excluding steroid dienone is 2. The van der Waals surface area contributed by atoms with Crippen LogP contribution in [0.2, 0.25) is 0 Å². The monoisotopic (exact) mass is 180 g/mol. The van der Waals surface area contributed by atoms with Gasteiger partial charge in [-0.15, -0.1) is 0 Å². The van der Waals surface area contributed by atoms with Gasteiger partial charge in [0.15, 0.2) is 5.17 Å². The number of hydrogen-bond donors (Lipinski definition) is 1. The Kier molecular flexibility index (Phi) is 1.97. The maximum absolute atomic E-state index is 4.14. The van der Waals surface area contributed by atoms with Crippen molar-refractivity contribution in [2.24, 2.45) is 4.99 Å². The zero-order valence-corrected chi connectivity index (χ0v) is 8.06. The molecule has 0 aromatic carbocycles. The third-order valence-corrected chi connectivity index (χ3v) is 3.33. The highest BCUT2D eigenvalue weighted by Crippen LogP contribution is 2.28. The summed E-state index contributed by atoms with van der Waals surface area (Å²) in [6, 6.07) is 0.457. The number of aliphatic imine (C=N–C) groups is 1. The molecule has 64 valence electrons. The average Bonchev–Trinajstić information content (AvgIpc) is 2.46. The lowest BCUT2D eigenvalue weighted by Gasteiger charge is -2.15. The molecule has 1 saturated heterocycles. The van der Waals surface area contributed by atoms with Crippen LogP contribution in [0.25, 0.3) is 0 Å². The minimum atomic E-state index is 0.457. The maximum Gasteiger partial charge on any atom is 0.157 e. The molecule has 1 fully saturated rings. The molecule has 3 heteroatoms. The summed E-state index contributed by atoms with van der Waals surface area (Å²) in [5.74, 6) is 0. The molecule has 0 radical (unpaired) electrons. The van der Waals surface area contributed by atoms with Gasteiger partial charge in [-0.1, -0.05) is 35.6 Å². The minimum Gasteiger partial charge on any atom is -0.357 e. The summed E-state index contributed by atoms with van der Waals surface area (Å²) in [6.45, 7) is 2.13. The molecule has 1 N–H and O–H groups in total. The van der Waals surface area contributed by atoms with Gasteiger partial charge in [-0.3, -0.25) is 4.99 Å². The number of thioether (sulfide) groups is 1. The molecular weight excluding hydrogens is 168 g/mol. The highest BCUT2D eigenvalue weighted by Gasteiger charge is 2.29. The van der Waals surface area contributed by atoms with Crippen LogP contribution in [-0.4, -0.2) is 23.5 Å². The molecule has 0 spiro atoms. The van der Waals surface area contributed by atoms with Gasteiger partial charge in [0.2, 0.25) is 0 Å². The summed E-state index contributed by atoms with van der Waals surface area (Å²) in [5, 5.41) is 4.96. The van der Waals surface area contributed by atoms with E-state index in [0.29, 0.717) is 11.3 Å². The van der Waals surface area contributed by atoms with E-state index in [-0.39, 0.29) is 0 Å². The van der Waals surface area contributed by atoms with Crippen LogP contribution in [0.5, 0.6) is 0 Å². The summed E-state index contributed by atoms with van der Waals surface area (Å²) >= 11 is 1.80. The van der Waals surface area contributed by atoms with Gasteiger partial charge in [-0.05, 0) is 6.92 Å². The van der Waals surface area contributed by atoms with E-state index in [9.17, 15) is 0 Å². The second-order valence-corrected chi connectivity index (χ2v) is 4.22. The fraction of sp³-hybridized carbons (Fsp3) is 0.444. The summed E-state index contributed by atoms with van der Waals surface area (Å²) in [4.78, 5) is 4.14. The van der Waals surface area contributed by atoms with Crippen molar-refractivity contribution in [3.63, 3.8) is 0 Å². The maximum atomic E-state index is 4.14. The first-order valence-corrected chi connectivity index (χ1v) is 4.94. The van der Waals surface area contributed by atoms with Gasteiger partial charge in [0, 0.05) is 7.05 Å². The lowest BCUT2D eigenvalue weighted by Crippen LogP contribution is -2.30. The van der Waals surface area contributed by atoms with Gasteiger partial charge in [0.05, 0.1) is 11.3 Å². The Balaban J connectivity index is 2.20. The molecule has 0 aromatic rings. The number of amidine groups is 1. The standard InChI is InChI=1S/C9H12N2S/c1-6-3-4-8-7(5-6)11-9(10-2)12-8/h3-5,7-8H,1-2H3,(H,10,11)/t7?,8-/m1/s1. The molecule has 2 aliphatic rings.